The van der Waals surface area contributed by atoms with Crippen molar-refractivity contribution in [3.05, 3.63) is 50.7 Å². The molecule has 0 aliphatic rings. The summed E-state index contributed by atoms with van der Waals surface area (Å²) in [5, 5.41) is 8.43. The lowest BCUT2D eigenvalue weighted by molar-refractivity contribution is 0.0691. The van der Waals surface area contributed by atoms with Gasteiger partial charge in [-0.1, -0.05) is 34.8 Å². The number of nitrogen functional groups attached to an aromatic ring is 1. The van der Waals surface area contributed by atoms with Gasteiger partial charge in [0.15, 0.2) is 0 Å². The average Bonchev–Trinajstić information content (AvgIpc) is 2.43. The van der Waals surface area contributed by atoms with Gasteiger partial charge in [-0.15, -0.1) is 0 Å². The van der Waals surface area contributed by atoms with Crippen LogP contribution in [0.15, 0.2) is 29.2 Å². The Hall–Kier alpha value is -1.74. The molecule has 2 rings (SSSR count). The van der Waals surface area contributed by atoms with Crippen LogP contribution >= 0.6 is 34.8 Å². The van der Waals surface area contributed by atoms with Crippen LogP contribution in [0.4, 0.5) is 15.8 Å². The topological polar surface area (TPSA) is 109 Å². The van der Waals surface area contributed by atoms with E-state index in [9.17, 15) is 17.6 Å². The molecule has 0 heterocycles. The Labute approximate surface area is 151 Å². The van der Waals surface area contributed by atoms with Gasteiger partial charge in [-0.2, -0.15) is 0 Å². The van der Waals surface area contributed by atoms with Gasteiger partial charge in [-0.05, 0) is 24.3 Å². The van der Waals surface area contributed by atoms with Gasteiger partial charge in [0, 0.05) is 0 Å². The second-order valence-electron chi connectivity index (χ2n) is 4.53. The highest BCUT2D eigenvalue weighted by atomic mass is 35.5. The summed E-state index contributed by atoms with van der Waals surface area (Å²) < 4.78 is 40.4. The molecule has 0 saturated heterocycles. The monoisotopic (exact) mass is 412 g/mol. The molecular formula is C13H8Cl3FN2O4S. The minimum absolute atomic E-state index is 0.0108. The molecule has 0 fully saturated rings. The Balaban J connectivity index is 2.52. The molecule has 0 bridgehead atoms. The molecule has 0 saturated carbocycles. The fraction of sp³-hybridized carbons (Fsp3) is 0. The predicted octanol–water partition coefficient (Wildman–Crippen LogP) is 3.87. The first kappa shape index (κ1) is 18.6. The number of carboxylic acid groups (broad SMARTS) is 1. The highest BCUT2D eigenvalue weighted by Gasteiger charge is 2.23. The number of sulfonamides is 1. The second kappa shape index (κ2) is 6.64. The minimum atomic E-state index is -4.33. The Morgan fingerprint density at radius 2 is 1.62 bits per heavy atom. The molecule has 0 amide bonds. The highest BCUT2D eigenvalue weighted by Crippen LogP contribution is 2.33. The van der Waals surface area contributed by atoms with E-state index in [4.69, 9.17) is 45.6 Å². The van der Waals surface area contributed by atoms with E-state index in [0.29, 0.717) is 12.1 Å². The number of hydrogen-bond acceptors (Lipinski definition) is 4. The summed E-state index contributed by atoms with van der Waals surface area (Å²) in [6.07, 6.45) is 0. The molecular weight excluding hydrogens is 406 g/mol. The van der Waals surface area contributed by atoms with Gasteiger partial charge in [0.1, 0.15) is 10.7 Å². The molecule has 0 radical (unpaired) electrons. The van der Waals surface area contributed by atoms with Crippen molar-refractivity contribution in [2.45, 2.75) is 4.90 Å². The molecule has 0 unspecified atom stereocenters. The van der Waals surface area contributed by atoms with E-state index in [-0.39, 0.29) is 21.4 Å². The summed E-state index contributed by atoms with van der Waals surface area (Å²) in [5.74, 6) is -2.80. The summed E-state index contributed by atoms with van der Waals surface area (Å²) in [6, 6.07) is 3.62. The van der Waals surface area contributed by atoms with E-state index >= 15 is 0 Å². The van der Waals surface area contributed by atoms with Crippen LogP contribution in [0.5, 0.6) is 0 Å². The molecule has 6 nitrogen and oxygen atoms in total. The van der Waals surface area contributed by atoms with Crippen molar-refractivity contribution >= 4 is 62.2 Å². The number of nitrogens with two attached hydrogens (primary N) is 1. The zero-order valence-corrected chi connectivity index (χ0v) is 14.6. The molecule has 2 aromatic rings. The number of aromatic carboxylic acids is 1. The van der Waals surface area contributed by atoms with Crippen molar-refractivity contribution in [1.29, 1.82) is 0 Å². The molecule has 0 aromatic heterocycles. The Kier molecular flexibility index (Phi) is 5.14. The lowest BCUT2D eigenvalue weighted by atomic mass is 10.2. The van der Waals surface area contributed by atoms with E-state index in [1.54, 1.807) is 0 Å². The number of benzene rings is 2. The van der Waals surface area contributed by atoms with Crippen LogP contribution in [0.1, 0.15) is 10.4 Å². The molecule has 0 aliphatic heterocycles. The minimum Gasteiger partial charge on any atom is -0.478 e. The fourth-order valence-electron chi connectivity index (χ4n) is 1.75. The first-order valence-electron chi connectivity index (χ1n) is 6.02. The van der Waals surface area contributed by atoms with Crippen LogP contribution in [0.2, 0.25) is 15.1 Å². The largest absolute Gasteiger partial charge is 0.478 e. The Bertz CT molecular complexity index is 927. The maximum absolute atomic E-state index is 13.5. The zero-order valence-electron chi connectivity index (χ0n) is 11.5. The quantitative estimate of drug-likeness (QED) is 0.659. The maximum Gasteiger partial charge on any atom is 0.338 e. The number of hydrogen-bond donors (Lipinski definition) is 3. The highest BCUT2D eigenvalue weighted by molar-refractivity contribution is 7.92. The van der Waals surface area contributed by atoms with E-state index in [2.05, 4.69) is 4.72 Å². The molecule has 24 heavy (non-hydrogen) atoms. The van der Waals surface area contributed by atoms with Crippen LogP contribution in [0, 0.1) is 5.82 Å². The number of halogens is 4. The van der Waals surface area contributed by atoms with Crippen LogP contribution in [-0.2, 0) is 10.0 Å². The molecule has 0 aliphatic carbocycles. The van der Waals surface area contributed by atoms with Crippen LogP contribution in [-0.4, -0.2) is 19.5 Å². The number of carboxylic acids is 1. The van der Waals surface area contributed by atoms with Crippen molar-refractivity contribution in [2.75, 3.05) is 10.5 Å². The van der Waals surface area contributed by atoms with Crippen LogP contribution < -0.4 is 10.5 Å². The third-order valence-corrected chi connectivity index (χ3v) is 5.34. The first-order valence-corrected chi connectivity index (χ1v) is 8.64. The normalized spacial score (nSPS) is 11.3. The molecule has 0 spiro atoms. The van der Waals surface area contributed by atoms with Crippen molar-refractivity contribution in [1.82, 2.24) is 0 Å². The number of carbonyl (C=O) groups is 1. The van der Waals surface area contributed by atoms with Crippen molar-refractivity contribution < 1.29 is 22.7 Å². The molecule has 128 valence electrons. The van der Waals surface area contributed by atoms with Gasteiger partial charge in [0.25, 0.3) is 10.0 Å². The van der Waals surface area contributed by atoms with Gasteiger partial charge in [-0.25, -0.2) is 17.6 Å². The third kappa shape index (κ3) is 3.67. The van der Waals surface area contributed by atoms with Gasteiger partial charge in [0.05, 0.1) is 32.0 Å². The van der Waals surface area contributed by atoms with Crippen molar-refractivity contribution in [3.8, 4) is 0 Å². The van der Waals surface area contributed by atoms with Gasteiger partial charge in [0.2, 0.25) is 0 Å². The Morgan fingerprint density at radius 3 is 2.12 bits per heavy atom. The molecule has 2 aromatic carbocycles. The van der Waals surface area contributed by atoms with E-state index < -0.39 is 37.3 Å². The standard InChI is InChI=1S/C13H8Cl3FN2O4S/c14-7-4-10(17)6(13(20)21)3-11(7)24(22,23)19-5-1-8(15)12(18)9(16)2-5/h1-4,19H,18H2,(H,20,21). The fourth-order valence-corrected chi connectivity index (χ4v) is 3.82. The van der Waals surface area contributed by atoms with Crippen molar-refractivity contribution in [2.24, 2.45) is 0 Å². The van der Waals surface area contributed by atoms with E-state index in [1.165, 1.54) is 12.1 Å². The summed E-state index contributed by atoms with van der Waals surface area (Å²) in [7, 11) is -4.33. The van der Waals surface area contributed by atoms with Gasteiger partial charge < -0.3 is 10.8 Å². The average molecular weight is 414 g/mol. The third-order valence-electron chi connectivity index (χ3n) is 2.87. The first-order chi connectivity index (χ1) is 11.0. The zero-order chi connectivity index (χ0) is 18.2. The maximum atomic E-state index is 13.5. The second-order valence-corrected chi connectivity index (χ2v) is 7.40. The summed E-state index contributed by atoms with van der Waals surface area (Å²) in [6.45, 7) is 0. The predicted molar refractivity (Wildman–Crippen MR) is 90.1 cm³/mol. The van der Waals surface area contributed by atoms with Crippen molar-refractivity contribution in [3.63, 3.8) is 0 Å². The number of rotatable bonds is 4. The van der Waals surface area contributed by atoms with Gasteiger partial charge in [-0.3, -0.25) is 4.72 Å². The van der Waals surface area contributed by atoms with Gasteiger partial charge >= 0.3 is 5.97 Å². The van der Waals surface area contributed by atoms with Crippen LogP contribution in [0.25, 0.3) is 0 Å². The molecule has 11 heteroatoms. The smallest absolute Gasteiger partial charge is 0.338 e. The number of anilines is 2. The van der Waals surface area contributed by atoms with E-state index in [1.807, 2.05) is 0 Å². The molecule has 0 atom stereocenters. The van der Waals surface area contributed by atoms with Crippen LogP contribution in [0.3, 0.4) is 0 Å². The lowest BCUT2D eigenvalue weighted by Gasteiger charge is -2.12. The van der Waals surface area contributed by atoms with E-state index in [0.717, 1.165) is 0 Å². The summed E-state index contributed by atoms with van der Waals surface area (Å²) in [4.78, 5) is 10.3. The molecule has 4 N–H and O–H groups in total. The Morgan fingerprint density at radius 1 is 1.08 bits per heavy atom. The summed E-state index contributed by atoms with van der Waals surface area (Å²) >= 11 is 17.4. The lowest BCUT2D eigenvalue weighted by Crippen LogP contribution is -2.15. The SMILES string of the molecule is Nc1c(Cl)cc(NS(=O)(=O)c2cc(C(=O)O)c(F)cc2Cl)cc1Cl. The summed E-state index contributed by atoms with van der Waals surface area (Å²) in [5.41, 5.74) is 4.74. The number of nitrogens with one attached hydrogen (secondary N) is 1.